The van der Waals surface area contributed by atoms with Crippen molar-refractivity contribution in [2.75, 3.05) is 0 Å². The van der Waals surface area contributed by atoms with Gasteiger partial charge in [-0.05, 0) is 30.2 Å². The molecule has 2 aromatic rings. The fourth-order valence-electron chi connectivity index (χ4n) is 1.71. The third-order valence-electron chi connectivity index (χ3n) is 2.61. The maximum atomic E-state index is 13.7. The first-order valence-electron chi connectivity index (χ1n) is 5.38. The highest BCUT2D eigenvalue weighted by atomic mass is 35.5. The van der Waals surface area contributed by atoms with Gasteiger partial charge < -0.3 is 5.73 Å². The smallest absolute Gasteiger partial charge is 0.146 e. The van der Waals surface area contributed by atoms with Gasteiger partial charge in [-0.2, -0.15) is 0 Å². The molecule has 0 radical (unpaired) electrons. The Labute approximate surface area is 108 Å². The van der Waals surface area contributed by atoms with Gasteiger partial charge in [0, 0.05) is 6.20 Å². The molecule has 0 bridgehead atoms. The van der Waals surface area contributed by atoms with Crippen molar-refractivity contribution in [1.82, 2.24) is 4.98 Å². The van der Waals surface area contributed by atoms with Crippen molar-refractivity contribution in [1.29, 1.82) is 0 Å². The highest BCUT2D eigenvalue weighted by Gasteiger charge is 2.16. The molecule has 0 aliphatic rings. The molecule has 0 saturated heterocycles. The summed E-state index contributed by atoms with van der Waals surface area (Å²) in [6.07, 6.45) is 1.59. The van der Waals surface area contributed by atoms with E-state index in [4.69, 9.17) is 17.3 Å². The van der Waals surface area contributed by atoms with E-state index in [1.807, 2.05) is 0 Å². The number of pyridine rings is 1. The van der Waals surface area contributed by atoms with Gasteiger partial charge in [-0.15, -0.1) is 0 Å². The first-order valence-corrected chi connectivity index (χ1v) is 5.76. The van der Waals surface area contributed by atoms with Crippen LogP contribution in [0.1, 0.15) is 17.3 Å². The summed E-state index contributed by atoms with van der Waals surface area (Å²) < 4.78 is 27.1. The van der Waals surface area contributed by atoms with Crippen molar-refractivity contribution in [3.63, 3.8) is 0 Å². The average molecular weight is 269 g/mol. The van der Waals surface area contributed by atoms with E-state index in [1.54, 1.807) is 12.1 Å². The summed E-state index contributed by atoms with van der Waals surface area (Å²) in [7, 11) is 0. The van der Waals surface area contributed by atoms with Gasteiger partial charge in [0.1, 0.15) is 11.6 Å². The molecule has 18 heavy (non-hydrogen) atoms. The molecule has 0 aliphatic heterocycles. The number of nitrogens with zero attached hydrogens (tertiary/aromatic N) is 1. The standard InChI is InChI=1S/C13H11ClF2N2/c14-9-4-1-3-8(12(9)16)7-11(17)13-10(15)5-2-6-18-13/h1-6,11H,7,17H2. The molecule has 2 nitrogen and oxygen atoms in total. The Bertz CT molecular complexity index is 560. The van der Waals surface area contributed by atoms with Crippen LogP contribution in [0.25, 0.3) is 0 Å². The lowest BCUT2D eigenvalue weighted by molar-refractivity contribution is 0.550. The summed E-state index contributed by atoms with van der Waals surface area (Å²) >= 11 is 5.67. The molecule has 0 amide bonds. The minimum Gasteiger partial charge on any atom is -0.322 e. The molecule has 0 fully saturated rings. The van der Waals surface area contributed by atoms with E-state index in [1.165, 1.54) is 24.4 Å². The molecule has 1 unspecified atom stereocenters. The SMILES string of the molecule is NC(Cc1cccc(Cl)c1F)c1ncccc1F. The Kier molecular flexibility index (Phi) is 3.89. The summed E-state index contributed by atoms with van der Waals surface area (Å²) in [6, 6.07) is 6.69. The number of nitrogens with two attached hydrogens (primary N) is 1. The van der Waals surface area contributed by atoms with Gasteiger partial charge in [-0.1, -0.05) is 23.7 Å². The molecule has 2 rings (SSSR count). The van der Waals surface area contributed by atoms with Crippen LogP contribution in [-0.2, 0) is 6.42 Å². The van der Waals surface area contributed by atoms with Crippen LogP contribution in [0.15, 0.2) is 36.5 Å². The molecular formula is C13H11ClF2N2. The van der Waals surface area contributed by atoms with Crippen LogP contribution in [0.3, 0.4) is 0 Å². The molecule has 1 atom stereocenters. The van der Waals surface area contributed by atoms with Crippen molar-refractivity contribution in [2.24, 2.45) is 5.73 Å². The molecule has 1 aromatic carbocycles. The van der Waals surface area contributed by atoms with Crippen molar-refractivity contribution < 1.29 is 8.78 Å². The largest absolute Gasteiger partial charge is 0.322 e. The van der Waals surface area contributed by atoms with E-state index in [-0.39, 0.29) is 17.1 Å². The van der Waals surface area contributed by atoms with Gasteiger partial charge in [0.15, 0.2) is 0 Å². The summed E-state index contributed by atoms with van der Waals surface area (Å²) in [5.41, 5.74) is 6.30. The van der Waals surface area contributed by atoms with E-state index in [2.05, 4.69) is 4.98 Å². The minimum absolute atomic E-state index is 0.0289. The molecular weight excluding hydrogens is 258 g/mol. The van der Waals surface area contributed by atoms with Crippen LogP contribution < -0.4 is 5.73 Å². The number of hydrogen-bond donors (Lipinski definition) is 1. The van der Waals surface area contributed by atoms with Crippen LogP contribution in [0, 0.1) is 11.6 Å². The van der Waals surface area contributed by atoms with Gasteiger partial charge in [-0.25, -0.2) is 8.78 Å². The summed E-state index contributed by atoms with van der Waals surface area (Å²) in [5, 5.41) is 0.0289. The van der Waals surface area contributed by atoms with Crippen LogP contribution in [0.4, 0.5) is 8.78 Å². The van der Waals surface area contributed by atoms with Gasteiger partial charge in [0.25, 0.3) is 0 Å². The Balaban J connectivity index is 2.24. The van der Waals surface area contributed by atoms with Crippen LogP contribution in [0.5, 0.6) is 0 Å². The number of rotatable bonds is 3. The molecule has 0 saturated carbocycles. The van der Waals surface area contributed by atoms with Gasteiger partial charge in [-0.3, -0.25) is 4.98 Å². The zero-order valence-electron chi connectivity index (χ0n) is 9.41. The summed E-state index contributed by atoms with van der Waals surface area (Å²) in [6.45, 7) is 0. The maximum absolute atomic E-state index is 13.7. The van der Waals surface area contributed by atoms with E-state index >= 15 is 0 Å². The number of hydrogen-bond acceptors (Lipinski definition) is 2. The third kappa shape index (κ3) is 2.66. The predicted octanol–water partition coefficient (Wildman–Crippen LogP) is 3.26. The quantitative estimate of drug-likeness (QED) is 0.928. The molecule has 0 spiro atoms. The van der Waals surface area contributed by atoms with Gasteiger partial charge in [0.05, 0.1) is 16.8 Å². The lowest BCUT2D eigenvalue weighted by Crippen LogP contribution is -2.17. The molecule has 94 valence electrons. The topological polar surface area (TPSA) is 38.9 Å². The first-order chi connectivity index (χ1) is 8.59. The van der Waals surface area contributed by atoms with E-state index in [0.29, 0.717) is 5.56 Å². The Hall–Kier alpha value is -1.52. The van der Waals surface area contributed by atoms with Crippen molar-refractivity contribution in [3.8, 4) is 0 Å². The highest BCUT2D eigenvalue weighted by molar-refractivity contribution is 6.30. The zero-order valence-corrected chi connectivity index (χ0v) is 10.2. The molecule has 5 heteroatoms. The molecule has 1 aromatic heterocycles. The summed E-state index contributed by atoms with van der Waals surface area (Å²) in [4.78, 5) is 3.87. The Morgan fingerprint density at radius 1 is 1.22 bits per heavy atom. The lowest BCUT2D eigenvalue weighted by atomic mass is 10.0. The number of benzene rings is 1. The average Bonchev–Trinajstić information content (AvgIpc) is 2.35. The minimum atomic E-state index is -0.709. The van der Waals surface area contributed by atoms with Crippen LogP contribution >= 0.6 is 11.6 Å². The Morgan fingerprint density at radius 3 is 2.72 bits per heavy atom. The van der Waals surface area contributed by atoms with Crippen molar-refractivity contribution in [3.05, 3.63) is 64.4 Å². The second-order valence-electron chi connectivity index (χ2n) is 3.89. The van der Waals surface area contributed by atoms with Crippen LogP contribution in [-0.4, -0.2) is 4.98 Å². The fraction of sp³-hybridized carbons (Fsp3) is 0.154. The normalized spacial score (nSPS) is 12.4. The van der Waals surface area contributed by atoms with Crippen molar-refractivity contribution in [2.45, 2.75) is 12.5 Å². The second kappa shape index (κ2) is 5.42. The number of aromatic nitrogens is 1. The predicted molar refractivity (Wildman–Crippen MR) is 66.2 cm³/mol. The summed E-state index contributed by atoms with van der Waals surface area (Å²) in [5.74, 6) is -1.02. The Morgan fingerprint density at radius 2 is 2.00 bits per heavy atom. The van der Waals surface area contributed by atoms with Gasteiger partial charge in [0.2, 0.25) is 0 Å². The van der Waals surface area contributed by atoms with E-state index in [0.717, 1.165) is 0 Å². The van der Waals surface area contributed by atoms with Crippen LogP contribution in [0.2, 0.25) is 5.02 Å². The van der Waals surface area contributed by atoms with Crippen molar-refractivity contribution >= 4 is 11.6 Å². The first kappa shape index (κ1) is 12.9. The van der Waals surface area contributed by atoms with E-state index < -0.39 is 17.7 Å². The second-order valence-corrected chi connectivity index (χ2v) is 4.30. The molecule has 0 aliphatic carbocycles. The highest BCUT2D eigenvalue weighted by Crippen LogP contribution is 2.22. The zero-order chi connectivity index (χ0) is 13.1. The van der Waals surface area contributed by atoms with Gasteiger partial charge >= 0.3 is 0 Å². The monoisotopic (exact) mass is 268 g/mol. The number of halogens is 3. The fourth-order valence-corrected chi connectivity index (χ4v) is 1.90. The maximum Gasteiger partial charge on any atom is 0.146 e. The molecule has 1 heterocycles. The van der Waals surface area contributed by atoms with E-state index in [9.17, 15) is 8.78 Å². The third-order valence-corrected chi connectivity index (χ3v) is 2.90. The lowest BCUT2D eigenvalue weighted by Gasteiger charge is -2.12. The molecule has 2 N–H and O–H groups in total.